The molecular weight excluding hydrogens is 661 g/mol. The van der Waals surface area contributed by atoms with E-state index in [0.29, 0.717) is 35.3 Å². The van der Waals surface area contributed by atoms with E-state index in [1.807, 2.05) is 12.1 Å². The average Bonchev–Trinajstić information content (AvgIpc) is 3.13. The topological polar surface area (TPSA) is 188 Å². The van der Waals surface area contributed by atoms with Gasteiger partial charge in [0.25, 0.3) is 0 Å². The summed E-state index contributed by atoms with van der Waals surface area (Å²) in [7, 11) is 0. The van der Waals surface area contributed by atoms with E-state index in [1.165, 1.54) is 62.8 Å². The SMILES string of the molecule is NC(C(=O)O)c1ccccc1.NC(C(=O)O)c1ccccc1.[Mn].c1cc2nc(c1)CN[C@@H]1CCCC[C@H]1NCCN[C@@H]1CCCC[C@H]1NC2. The molecule has 0 amide bonds. The van der Waals surface area contributed by atoms with Gasteiger partial charge in [0.2, 0.25) is 0 Å². The van der Waals surface area contributed by atoms with Gasteiger partial charge in [-0.25, -0.2) is 0 Å². The Morgan fingerprint density at radius 1 is 0.571 bits per heavy atom. The molecule has 2 aliphatic carbocycles. The predicted octanol–water partition coefficient (Wildman–Crippen LogP) is 3.62. The summed E-state index contributed by atoms with van der Waals surface area (Å²) < 4.78 is 0. The minimum Gasteiger partial charge on any atom is -0.480 e. The van der Waals surface area contributed by atoms with Gasteiger partial charge < -0.3 is 42.9 Å². The summed E-state index contributed by atoms with van der Waals surface area (Å²) in [5.74, 6) is -2.01. The number of hydrogen-bond acceptors (Lipinski definition) is 9. The van der Waals surface area contributed by atoms with Crippen LogP contribution in [-0.4, -0.2) is 64.4 Å². The smallest absolute Gasteiger partial charge is 0.325 e. The van der Waals surface area contributed by atoms with E-state index in [0.717, 1.165) is 26.2 Å². The fraction of sp³-hybridized carbons (Fsp3) is 0.486. The van der Waals surface area contributed by atoms with Crippen molar-refractivity contribution in [1.29, 1.82) is 0 Å². The molecule has 49 heavy (non-hydrogen) atoms. The van der Waals surface area contributed by atoms with Gasteiger partial charge in [-0.2, -0.15) is 0 Å². The Labute approximate surface area is 300 Å². The molecule has 1 aliphatic heterocycles. The molecule has 10 N–H and O–H groups in total. The van der Waals surface area contributed by atoms with Gasteiger partial charge in [0.1, 0.15) is 12.1 Å². The molecular formula is C37H53MnN7O4. The number of benzene rings is 2. The van der Waals surface area contributed by atoms with Gasteiger partial charge in [-0.05, 0) is 48.9 Å². The van der Waals surface area contributed by atoms with Crippen molar-refractivity contribution in [2.75, 3.05) is 13.1 Å². The Balaban J connectivity index is 0.000000235. The molecule has 267 valence electrons. The van der Waals surface area contributed by atoms with Crippen LogP contribution in [0.15, 0.2) is 78.9 Å². The molecule has 2 bridgehead atoms. The van der Waals surface area contributed by atoms with Crippen molar-refractivity contribution in [3.05, 3.63) is 101 Å². The van der Waals surface area contributed by atoms with E-state index < -0.39 is 24.0 Å². The summed E-state index contributed by atoms with van der Waals surface area (Å²) in [6.45, 7) is 3.89. The van der Waals surface area contributed by atoms with Crippen molar-refractivity contribution in [3.63, 3.8) is 0 Å². The number of carbonyl (C=O) groups is 2. The fourth-order valence-electron chi connectivity index (χ4n) is 6.56. The second-order valence-electron chi connectivity index (χ2n) is 12.7. The van der Waals surface area contributed by atoms with Crippen LogP contribution >= 0.6 is 0 Å². The van der Waals surface area contributed by atoms with Crippen molar-refractivity contribution in [1.82, 2.24) is 26.3 Å². The minimum atomic E-state index is -1.00. The summed E-state index contributed by atoms with van der Waals surface area (Å²) in [6, 6.07) is 24.4. The number of hydrogen-bond donors (Lipinski definition) is 8. The van der Waals surface area contributed by atoms with Crippen molar-refractivity contribution < 1.29 is 36.9 Å². The van der Waals surface area contributed by atoms with Crippen LogP contribution in [-0.2, 0) is 39.7 Å². The van der Waals surface area contributed by atoms with Crippen LogP contribution in [0.2, 0.25) is 0 Å². The number of aliphatic carboxylic acids is 2. The third kappa shape index (κ3) is 13.6. The van der Waals surface area contributed by atoms with Crippen molar-refractivity contribution in [3.8, 4) is 0 Å². The molecule has 3 aliphatic rings. The summed E-state index contributed by atoms with van der Waals surface area (Å²) in [5, 5.41) is 32.2. The Hall–Kier alpha value is -3.19. The van der Waals surface area contributed by atoms with Crippen molar-refractivity contribution >= 4 is 11.9 Å². The molecule has 3 aromatic rings. The number of aromatic nitrogens is 1. The number of carboxylic acid groups (broad SMARTS) is 2. The number of carboxylic acids is 2. The maximum Gasteiger partial charge on any atom is 0.325 e. The second kappa shape index (κ2) is 21.8. The first-order valence-corrected chi connectivity index (χ1v) is 17.3. The van der Waals surface area contributed by atoms with E-state index in [4.69, 9.17) is 26.7 Å². The summed E-state index contributed by atoms with van der Waals surface area (Å²) >= 11 is 0. The van der Waals surface area contributed by atoms with E-state index in [9.17, 15) is 9.59 Å². The van der Waals surface area contributed by atoms with Crippen LogP contribution in [0.5, 0.6) is 0 Å². The first-order valence-electron chi connectivity index (χ1n) is 17.3. The maximum absolute atomic E-state index is 10.4. The zero-order valence-corrected chi connectivity index (χ0v) is 29.3. The first kappa shape index (κ1) is 40.2. The molecule has 2 aromatic carbocycles. The van der Waals surface area contributed by atoms with Gasteiger partial charge in [-0.1, -0.05) is 92.4 Å². The number of fused-ring (bicyclic) bond motifs is 4. The molecule has 0 saturated heterocycles. The molecule has 1 radical (unpaired) electrons. The zero-order valence-electron chi connectivity index (χ0n) is 28.1. The predicted molar refractivity (Wildman–Crippen MR) is 188 cm³/mol. The molecule has 6 rings (SSSR count). The number of rotatable bonds is 4. The Kier molecular flexibility index (Phi) is 17.9. The standard InChI is InChI=1S/C21H35N5.2C8H9NO2.Mn/c1-3-10-20-18(8-1)22-12-13-23-19-9-2-4-11-21(19)25-15-17-7-5-6-16(26-17)14-24-20;2*9-7(8(10)11)6-4-2-1-3-5-6;/h5-7,18-25H,1-4,8-15H2;2*1-5,7H,9H2,(H,10,11);/t18-,19-,20-,21-;;;/m1.../s1. The third-order valence-corrected chi connectivity index (χ3v) is 9.27. The number of nitrogens with one attached hydrogen (secondary N) is 4. The third-order valence-electron chi connectivity index (χ3n) is 9.27. The van der Waals surface area contributed by atoms with Crippen LogP contribution in [0.4, 0.5) is 0 Å². The molecule has 2 saturated carbocycles. The zero-order chi connectivity index (χ0) is 34.1. The Morgan fingerprint density at radius 2 is 0.918 bits per heavy atom. The van der Waals surface area contributed by atoms with Crippen LogP contribution < -0.4 is 32.7 Å². The monoisotopic (exact) mass is 714 g/mol. The van der Waals surface area contributed by atoms with E-state index >= 15 is 0 Å². The summed E-state index contributed by atoms with van der Waals surface area (Å²) in [4.78, 5) is 25.6. The van der Waals surface area contributed by atoms with Gasteiger partial charge in [-0.3, -0.25) is 14.6 Å². The molecule has 2 heterocycles. The van der Waals surface area contributed by atoms with Crippen LogP contribution in [0.25, 0.3) is 0 Å². The van der Waals surface area contributed by atoms with Gasteiger partial charge in [0.15, 0.2) is 0 Å². The Morgan fingerprint density at radius 3 is 1.27 bits per heavy atom. The van der Waals surface area contributed by atoms with E-state index in [-0.39, 0.29) is 17.1 Å². The molecule has 0 spiro atoms. The number of pyridine rings is 1. The first-order chi connectivity index (χ1) is 23.3. The van der Waals surface area contributed by atoms with Crippen molar-refractivity contribution in [2.24, 2.45) is 11.5 Å². The molecule has 2 unspecified atom stereocenters. The summed E-state index contributed by atoms with van der Waals surface area (Å²) in [6.07, 6.45) is 10.5. The van der Waals surface area contributed by atoms with Crippen LogP contribution in [0.1, 0.15) is 86.0 Å². The Bertz CT molecular complexity index is 1290. The molecule has 6 atom stereocenters. The normalized spacial score (nSPS) is 23.6. The van der Waals surface area contributed by atoms with Gasteiger partial charge in [-0.15, -0.1) is 0 Å². The number of nitrogens with zero attached hydrogens (tertiary/aromatic N) is 1. The summed E-state index contributed by atoms with van der Waals surface area (Å²) in [5.41, 5.74) is 14.3. The van der Waals surface area contributed by atoms with Gasteiger partial charge in [0.05, 0.1) is 11.4 Å². The molecule has 1 aromatic heterocycles. The molecule has 2 fully saturated rings. The molecule has 11 nitrogen and oxygen atoms in total. The van der Waals surface area contributed by atoms with Crippen LogP contribution in [0, 0.1) is 0 Å². The largest absolute Gasteiger partial charge is 0.480 e. The van der Waals surface area contributed by atoms with Gasteiger partial charge in [0, 0.05) is 67.4 Å². The maximum atomic E-state index is 10.4. The van der Waals surface area contributed by atoms with Crippen molar-refractivity contribution in [2.45, 2.75) is 101 Å². The minimum absolute atomic E-state index is 0. The van der Waals surface area contributed by atoms with Gasteiger partial charge >= 0.3 is 11.9 Å². The number of nitrogens with two attached hydrogens (primary N) is 2. The van der Waals surface area contributed by atoms with Crippen LogP contribution in [0.3, 0.4) is 0 Å². The van der Waals surface area contributed by atoms with E-state index in [2.05, 4.69) is 39.5 Å². The van der Waals surface area contributed by atoms with E-state index in [1.54, 1.807) is 48.5 Å². The average molecular weight is 715 g/mol. The second-order valence-corrected chi connectivity index (χ2v) is 12.7. The quantitative estimate of drug-likeness (QED) is 0.185. The fourth-order valence-corrected chi connectivity index (χ4v) is 6.56. The molecule has 12 heteroatoms.